The number of rotatable bonds is 8. The minimum absolute atomic E-state index is 0.202. The molecular weight excluding hydrogens is 440 g/mol. The number of carbonyl (C=O) groups is 1. The number of benzene rings is 2. The predicted molar refractivity (Wildman–Crippen MR) is 117 cm³/mol. The molecule has 2 aromatic rings. The van der Waals surface area contributed by atoms with Crippen LogP contribution in [0, 0.1) is 11.8 Å². The second-order valence-corrected chi connectivity index (χ2v) is 10.5. The third-order valence-electron chi connectivity index (χ3n) is 3.97. The number of carbonyl (C=O) groups excluding carboxylic acids is 1. The summed E-state index contributed by atoms with van der Waals surface area (Å²) in [6, 6.07) is 13.4. The zero-order valence-corrected chi connectivity index (χ0v) is 19.0. The molecule has 0 saturated heterocycles. The number of nitrogens with one attached hydrogen (secondary N) is 1. The van der Waals surface area contributed by atoms with Crippen LogP contribution in [0.5, 0.6) is 0 Å². The molecule has 0 unspecified atom stereocenters. The van der Waals surface area contributed by atoms with E-state index in [1.165, 1.54) is 16.4 Å². The van der Waals surface area contributed by atoms with Gasteiger partial charge in [0.1, 0.15) is 0 Å². The zero-order chi connectivity index (χ0) is 20.9. The fraction of sp³-hybridized carbons (Fsp3) is 0.381. The van der Waals surface area contributed by atoms with Crippen molar-refractivity contribution in [3.63, 3.8) is 0 Å². The summed E-state index contributed by atoms with van der Waals surface area (Å²) in [5, 5.41) is 2.80. The van der Waals surface area contributed by atoms with Crippen LogP contribution in [-0.2, 0) is 10.0 Å². The third-order valence-corrected chi connectivity index (χ3v) is 6.31. The zero-order valence-electron chi connectivity index (χ0n) is 16.6. The van der Waals surface area contributed by atoms with Crippen LogP contribution in [-0.4, -0.2) is 31.7 Å². The lowest BCUT2D eigenvalue weighted by atomic mass is 10.2. The number of hydrogen-bond acceptors (Lipinski definition) is 3. The van der Waals surface area contributed by atoms with Gasteiger partial charge in [-0.1, -0.05) is 49.7 Å². The number of halogens is 1. The Bertz CT molecular complexity index is 900. The first-order valence-electron chi connectivity index (χ1n) is 9.26. The Morgan fingerprint density at radius 1 is 1.00 bits per heavy atom. The van der Waals surface area contributed by atoms with Crippen LogP contribution in [0.1, 0.15) is 38.1 Å². The molecule has 1 N–H and O–H groups in total. The maximum Gasteiger partial charge on any atom is 0.255 e. The van der Waals surface area contributed by atoms with Crippen LogP contribution in [0.25, 0.3) is 0 Å². The lowest BCUT2D eigenvalue weighted by Crippen LogP contribution is -2.37. The number of hydrogen-bond donors (Lipinski definition) is 1. The monoisotopic (exact) mass is 466 g/mol. The minimum atomic E-state index is -3.60. The molecule has 0 aromatic heterocycles. The summed E-state index contributed by atoms with van der Waals surface area (Å²) < 4.78 is 28.5. The van der Waals surface area contributed by atoms with Gasteiger partial charge in [-0.3, -0.25) is 4.79 Å². The van der Waals surface area contributed by atoms with Gasteiger partial charge in [-0.05, 0) is 54.3 Å². The van der Waals surface area contributed by atoms with Gasteiger partial charge in [-0.25, -0.2) is 8.42 Å². The molecule has 0 atom stereocenters. The highest BCUT2D eigenvalue weighted by molar-refractivity contribution is 9.10. The topological polar surface area (TPSA) is 66.5 Å². The molecule has 2 rings (SSSR count). The number of anilines is 1. The Morgan fingerprint density at radius 2 is 1.57 bits per heavy atom. The number of amides is 1. The van der Waals surface area contributed by atoms with Crippen LogP contribution in [0.15, 0.2) is 57.9 Å². The first-order chi connectivity index (χ1) is 13.1. The van der Waals surface area contributed by atoms with Crippen LogP contribution < -0.4 is 5.32 Å². The summed E-state index contributed by atoms with van der Waals surface area (Å²) >= 11 is 3.36. The van der Waals surface area contributed by atoms with Crippen molar-refractivity contribution in [3.05, 3.63) is 58.6 Å². The highest BCUT2D eigenvalue weighted by atomic mass is 79.9. The Labute approximate surface area is 176 Å². The Hall–Kier alpha value is -1.70. The van der Waals surface area contributed by atoms with Crippen molar-refractivity contribution in [1.82, 2.24) is 4.31 Å². The summed E-state index contributed by atoms with van der Waals surface area (Å²) in [4.78, 5) is 12.6. The Kier molecular flexibility index (Phi) is 7.80. The third kappa shape index (κ3) is 6.15. The van der Waals surface area contributed by atoms with Gasteiger partial charge in [0.15, 0.2) is 0 Å². The summed E-state index contributed by atoms with van der Waals surface area (Å²) in [5.74, 6) is 0.163. The maximum atomic E-state index is 13.0. The van der Waals surface area contributed by atoms with Crippen molar-refractivity contribution in [2.75, 3.05) is 18.4 Å². The molecular formula is C21H27BrN2O3S. The second kappa shape index (κ2) is 9.67. The van der Waals surface area contributed by atoms with Gasteiger partial charge in [0, 0.05) is 28.8 Å². The first-order valence-corrected chi connectivity index (χ1v) is 11.5. The summed E-state index contributed by atoms with van der Waals surface area (Å²) in [7, 11) is -3.60. The molecule has 7 heteroatoms. The lowest BCUT2D eigenvalue weighted by molar-refractivity contribution is 0.102. The second-order valence-electron chi connectivity index (χ2n) is 7.60. The van der Waals surface area contributed by atoms with Gasteiger partial charge in [0.05, 0.1) is 4.90 Å². The van der Waals surface area contributed by atoms with E-state index < -0.39 is 10.0 Å². The first kappa shape index (κ1) is 22.6. The molecule has 0 fully saturated rings. The fourth-order valence-electron chi connectivity index (χ4n) is 2.78. The molecule has 2 aromatic carbocycles. The van der Waals surface area contributed by atoms with Gasteiger partial charge < -0.3 is 5.32 Å². The van der Waals surface area contributed by atoms with Crippen LogP contribution in [0.4, 0.5) is 5.69 Å². The van der Waals surface area contributed by atoms with E-state index in [2.05, 4.69) is 21.2 Å². The molecule has 0 aliphatic carbocycles. The van der Waals surface area contributed by atoms with Crippen molar-refractivity contribution in [1.29, 1.82) is 0 Å². The van der Waals surface area contributed by atoms with E-state index in [-0.39, 0.29) is 22.6 Å². The van der Waals surface area contributed by atoms with E-state index in [9.17, 15) is 13.2 Å². The molecule has 0 aliphatic rings. The molecule has 1 amide bonds. The van der Waals surface area contributed by atoms with Crippen molar-refractivity contribution < 1.29 is 13.2 Å². The molecule has 0 aliphatic heterocycles. The summed E-state index contributed by atoms with van der Waals surface area (Å²) in [6.07, 6.45) is 0. The average Bonchev–Trinajstić information content (AvgIpc) is 2.60. The number of sulfonamides is 1. The smallest absolute Gasteiger partial charge is 0.255 e. The van der Waals surface area contributed by atoms with Crippen LogP contribution in [0.2, 0.25) is 0 Å². The molecule has 152 valence electrons. The van der Waals surface area contributed by atoms with Gasteiger partial charge >= 0.3 is 0 Å². The minimum Gasteiger partial charge on any atom is -0.322 e. The van der Waals surface area contributed by atoms with Crippen LogP contribution >= 0.6 is 15.9 Å². The molecule has 0 saturated carbocycles. The Morgan fingerprint density at radius 3 is 2.07 bits per heavy atom. The van der Waals surface area contributed by atoms with Gasteiger partial charge in [0.2, 0.25) is 10.0 Å². The normalized spacial score (nSPS) is 12.0. The fourth-order valence-corrected chi connectivity index (χ4v) is 4.95. The van der Waals surface area contributed by atoms with E-state index in [1.807, 2.05) is 39.8 Å². The van der Waals surface area contributed by atoms with Gasteiger partial charge in [-0.15, -0.1) is 0 Å². The lowest BCUT2D eigenvalue weighted by Gasteiger charge is -2.25. The molecule has 0 heterocycles. The van der Waals surface area contributed by atoms with Gasteiger partial charge in [-0.2, -0.15) is 4.31 Å². The molecule has 0 bridgehead atoms. The van der Waals surface area contributed by atoms with Gasteiger partial charge in [0.25, 0.3) is 5.91 Å². The SMILES string of the molecule is CC(C)CN(CC(C)C)S(=O)(=O)c1ccc(C(=O)Nc2cccc(Br)c2)cc1. The van der Waals surface area contributed by atoms with Crippen molar-refractivity contribution in [2.24, 2.45) is 11.8 Å². The van der Waals surface area contributed by atoms with Crippen molar-refractivity contribution >= 4 is 37.5 Å². The highest BCUT2D eigenvalue weighted by Gasteiger charge is 2.26. The summed E-state index contributed by atoms with van der Waals surface area (Å²) in [6.45, 7) is 8.92. The standard InChI is InChI=1S/C21H27BrN2O3S/c1-15(2)13-24(14-16(3)4)28(26,27)20-10-8-17(9-11-20)21(25)23-19-7-5-6-18(22)12-19/h5-12,15-16H,13-14H2,1-4H3,(H,23,25). The highest BCUT2D eigenvalue weighted by Crippen LogP contribution is 2.21. The summed E-state index contributed by atoms with van der Waals surface area (Å²) in [5.41, 5.74) is 1.06. The quantitative estimate of drug-likeness (QED) is 0.594. The van der Waals surface area contributed by atoms with E-state index in [0.29, 0.717) is 24.3 Å². The average molecular weight is 467 g/mol. The largest absolute Gasteiger partial charge is 0.322 e. The van der Waals surface area contributed by atoms with Crippen molar-refractivity contribution in [3.8, 4) is 0 Å². The van der Waals surface area contributed by atoms with Crippen LogP contribution in [0.3, 0.4) is 0 Å². The molecule has 28 heavy (non-hydrogen) atoms. The van der Waals surface area contributed by atoms with E-state index in [1.54, 1.807) is 24.3 Å². The van der Waals surface area contributed by atoms with Crippen molar-refractivity contribution in [2.45, 2.75) is 32.6 Å². The van der Waals surface area contributed by atoms with E-state index >= 15 is 0 Å². The predicted octanol–water partition coefficient (Wildman–Crippen LogP) is 5.00. The molecule has 5 nitrogen and oxygen atoms in total. The number of nitrogens with zero attached hydrogens (tertiary/aromatic N) is 1. The van der Waals surface area contributed by atoms with E-state index in [0.717, 1.165) is 4.47 Å². The molecule has 0 spiro atoms. The maximum absolute atomic E-state index is 13.0. The molecule has 0 radical (unpaired) electrons. The Balaban J connectivity index is 2.20. The van der Waals surface area contributed by atoms with E-state index in [4.69, 9.17) is 0 Å².